The number of esters is 1. The summed E-state index contributed by atoms with van der Waals surface area (Å²) >= 11 is 11.4. The van der Waals surface area contributed by atoms with Crippen LogP contribution in [0.15, 0.2) is 40.9 Å². The van der Waals surface area contributed by atoms with E-state index in [2.05, 4.69) is 21.8 Å². The number of rotatable bonds is 5. The molecule has 0 bridgehead atoms. The van der Waals surface area contributed by atoms with Crippen LogP contribution in [0.4, 0.5) is 0 Å². The molecule has 0 radical (unpaired) electrons. The first kappa shape index (κ1) is 17.1. The van der Waals surface area contributed by atoms with E-state index in [0.29, 0.717) is 10.5 Å². The number of carbonyl (C=O) groups is 1. The van der Waals surface area contributed by atoms with Crippen LogP contribution in [-0.4, -0.2) is 31.1 Å². The van der Waals surface area contributed by atoms with Gasteiger partial charge in [-0.3, -0.25) is 4.90 Å². The molecule has 1 heterocycles. The lowest BCUT2D eigenvalue weighted by Crippen LogP contribution is -2.23. The first-order chi connectivity index (χ1) is 10.6. The van der Waals surface area contributed by atoms with E-state index >= 15 is 0 Å². The van der Waals surface area contributed by atoms with E-state index in [0.717, 1.165) is 25.1 Å². The summed E-state index contributed by atoms with van der Waals surface area (Å²) in [6.45, 7) is 1.81. The second kappa shape index (κ2) is 8.37. The number of carbonyl (C=O) groups excluding carboxylic acids is 1. The summed E-state index contributed by atoms with van der Waals surface area (Å²) in [5.41, 5.74) is 2.24. The molecule has 118 valence electrons. The fraction of sp³-hybridized carbons (Fsp3) is 0.353. The third kappa shape index (κ3) is 4.87. The fourth-order valence-corrected chi connectivity index (χ4v) is 2.81. The number of methoxy groups -OCH3 is 1. The van der Waals surface area contributed by atoms with Gasteiger partial charge in [0.1, 0.15) is 4.49 Å². The van der Waals surface area contributed by atoms with Crippen LogP contribution in [0, 0.1) is 0 Å². The fourth-order valence-electron chi connectivity index (χ4n) is 2.67. The van der Waals surface area contributed by atoms with Gasteiger partial charge in [0.05, 0.1) is 7.11 Å². The van der Waals surface area contributed by atoms with E-state index in [1.165, 1.54) is 25.2 Å². The van der Waals surface area contributed by atoms with E-state index in [1.54, 1.807) is 6.08 Å². The molecule has 0 N–H and O–H groups in total. The number of ether oxygens (including phenoxy) is 1. The highest BCUT2D eigenvalue weighted by atomic mass is 35.5. The highest BCUT2D eigenvalue weighted by Gasteiger charge is 2.24. The Hall–Kier alpha value is -1.29. The maximum Gasteiger partial charge on any atom is 0.330 e. The quantitative estimate of drug-likeness (QED) is 0.590. The predicted octanol–water partition coefficient (Wildman–Crippen LogP) is 4.33. The molecule has 1 saturated heterocycles. The molecule has 0 amide bonds. The molecule has 1 fully saturated rings. The minimum atomic E-state index is -0.351. The van der Waals surface area contributed by atoms with Crippen molar-refractivity contribution in [3.05, 3.63) is 52.0 Å². The zero-order valence-electron chi connectivity index (χ0n) is 12.5. The summed E-state index contributed by atoms with van der Waals surface area (Å²) in [5.74, 6) is -0.351. The van der Waals surface area contributed by atoms with Crippen LogP contribution < -0.4 is 0 Å². The van der Waals surface area contributed by atoms with Crippen LogP contribution in [-0.2, 0) is 9.53 Å². The molecule has 1 aromatic rings. The van der Waals surface area contributed by atoms with Crippen molar-refractivity contribution in [2.45, 2.75) is 18.9 Å². The number of benzene rings is 1. The lowest BCUT2D eigenvalue weighted by Gasteiger charge is -2.23. The second-order valence-corrected chi connectivity index (χ2v) is 6.18. The van der Waals surface area contributed by atoms with Crippen LogP contribution in [0.3, 0.4) is 0 Å². The molecule has 2 rings (SSSR count). The standard InChI is InChI=1S/C17H19Cl2NO2/c1-22-17(21)9-6-13-4-7-14(8-5-13)15-3-2-11-20(15)12-10-16(18)19/h4-10,15H,2-3,11-12H2,1H3/b9-6+/t15-/m0/s1. The molecule has 1 atom stereocenters. The van der Waals surface area contributed by atoms with Gasteiger partial charge in [0.15, 0.2) is 0 Å². The number of halogens is 2. The molecule has 5 heteroatoms. The molecule has 1 aromatic carbocycles. The zero-order chi connectivity index (χ0) is 15.9. The van der Waals surface area contributed by atoms with Gasteiger partial charge < -0.3 is 4.74 Å². The number of hydrogen-bond donors (Lipinski definition) is 0. The molecular formula is C17H19Cl2NO2. The Kier molecular flexibility index (Phi) is 6.49. The Morgan fingerprint density at radius 2 is 2.09 bits per heavy atom. The van der Waals surface area contributed by atoms with E-state index < -0.39 is 0 Å². The third-order valence-corrected chi connectivity index (χ3v) is 4.09. The van der Waals surface area contributed by atoms with Gasteiger partial charge in [-0.15, -0.1) is 0 Å². The molecule has 0 unspecified atom stereocenters. The average Bonchev–Trinajstić information content (AvgIpc) is 2.99. The second-order valence-electron chi connectivity index (χ2n) is 5.17. The largest absolute Gasteiger partial charge is 0.466 e. The summed E-state index contributed by atoms with van der Waals surface area (Å²) in [6, 6.07) is 8.62. The molecule has 1 aliphatic rings. The molecule has 0 spiro atoms. The number of hydrogen-bond acceptors (Lipinski definition) is 3. The van der Waals surface area contributed by atoms with Gasteiger partial charge in [-0.2, -0.15) is 0 Å². The molecule has 1 aliphatic heterocycles. The third-order valence-electron chi connectivity index (χ3n) is 3.78. The minimum absolute atomic E-state index is 0.314. The van der Waals surface area contributed by atoms with Crippen LogP contribution >= 0.6 is 23.2 Å². The molecule has 22 heavy (non-hydrogen) atoms. The van der Waals surface area contributed by atoms with Crippen LogP contribution in [0.1, 0.15) is 30.0 Å². The van der Waals surface area contributed by atoms with Crippen molar-refractivity contribution in [2.75, 3.05) is 20.2 Å². The van der Waals surface area contributed by atoms with Crippen molar-refractivity contribution in [1.82, 2.24) is 4.90 Å². The van der Waals surface area contributed by atoms with Gasteiger partial charge in [-0.25, -0.2) is 4.79 Å². The van der Waals surface area contributed by atoms with Crippen molar-refractivity contribution in [3.8, 4) is 0 Å². The monoisotopic (exact) mass is 339 g/mol. The summed E-state index contributed by atoms with van der Waals surface area (Å²) in [5, 5.41) is 0. The summed E-state index contributed by atoms with van der Waals surface area (Å²) < 4.78 is 4.89. The lowest BCUT2D eigenvalue weighted by atomic mass is 10.0. The van der Waals surface area contributed by atoms with Crippen molar-refractivity contribution in [1.29, 1.82) is 0 Å². The van der Waals surface area contributed by atoms with Gasteiger partial charge in [-0.1, -0.05) is 47.5 Å². The van der Waals surface area contributed by atoms with Gasteiger partial charge in [0, 0.05) is 18.7 Å². The van der Waals surface area contributed by atoms with Crippen LogP contribution in [0.5, 0.6) is 0 Å². The Morgan fingerprint density at radius 1 is 1.36 bits per heavy atom. The normalized spacial score (nSPS) is 18.6. The number of likely N-dealkylation sites (tertiary alicyclic amines) is 1. The van der Waals surface area contributed by atoms with Crippen molar-refractivity contribution in [2.24, 2.45) is 0 Å². The SMILES string of the molecule is COC(=O)/C=C/c1ccc([C@@H]2CCCN2CC=C(Cl)Cl)cc1. The Labute approximate surface area is 141 Å². The smallest absolute Gasteiger partial charge is 0.330 e. The van der Waals surface area contributed by atoms with Crippen molar-refractivity contribution < 1.29 is 9.53 Å². The Morgan fingerprint density at radius 3 is 2.73 bits per heavy atom. The first-order valence-electron chi connectivity index (χ1n) is 7.21. The lowest BCUT2D eigenvalue weighted by molar-refractivity contribution is -0.134. The molecular weight excluding hydrogens is 321 g/mol. The highest BCUT2D eigenvalue weighted by Crippen LogP contribution is 2.32. The summed E-state index contributed by atoms with van der Waals surface area (Å²) in [4.78, 5) is 13.5. The van der Waals surface area contributed by atoms with Gasteiger partial charge >= 0.3 is 5.97 Å². The van der Waals surface area contributed by atoms with E-state index in [-0.39, 0.29) is 5.97 Å². The van der Waals surface area contributed by atoms with E-state index in [1.807, 2.05) is 18.2 Å². The molecule has 0 aromatic heterocycles. The summed E-state index contributed by atoms with van der Waals surface area (Å²) in [7, 11) is 1.37. The number of nitrogens with zero attached hydrogens (tertiary/aromatic N) is 1. The maximum atomic E-state index is 11.1. The Bertz CT molecular complexity index is 563. The van der Waals surface area contributed by atoms with E-state index in [9.17, 15) is 4.79 Å². The molecule has 0 saturated carbocycles. The topological polar surface area (TPSA) is 29.5 Å². The average molecular weight is 340 g/mol. The van der Waals surface area contributed by atoms with Gasteiger partial charge in [0.25, 0.3) is 0 Å². The zero-order valence-corrected chi connectivity index (χ0v) is 14.0. The van der Waals surface area contributed by atoms with Gasteiger partial charge in [-0.05, 0) is 42.7 Å². The Balaban J connectivity index is 2.04. The minimum Gasteiger partial charge on any atom is -0.466 e. The van der Waals surface area contributed by atoms with Crippen molar-refractivity contribution >= 4 is 35.2 Å². The van der Waals surface area contributed by atoms with Crippen LogP contribution in [0.2, 0.25) is 0 Å². The summed E-state index contributed by atoms with van der Waals surface area (Å²) in [6.07, 6.45) is 7.30. The van der Waals surface area contributed by atoms with Crippen LogP contribution in [0.25, 0.3) is 6.08 Å². The highest BCUT2D eigenvalue weighted by molar-refractivity contribution is 6.55. The van der Waals surface area contributed by atoms with E-state index in [4.69, 9.17) is 23.2 Å². The molecule has 3 nitrogen and oxygen atoms in total. The van der Waals surface area contributed by atoms with Gasteiger partial charge in [0.2, 0.25) is 0 Å². The maximum absolute atomic E-state index is 11.1. The first-order valence-corrected chi connectivity index (χ1v) is 7.97. The molecule has 0 aliphatic carbocycles. The van der Waals surface area contributed by atoms with Crippen molar-refractivity contribution in [3.63, 3.8) is 0 Å². The predicted molar refractivity (Wildman–Crippen MR) is 90.8 cm³/mol.